The second-order valence-electron chi connectivity index (χ2n) is 13.0. The van der Waals surface area contributed by atoms with Crippen LogP contribution in [-0.2, 0) is 26.8 Å². The Morgan fingerprint density at radius 2 is 1.98 bits per heavy atom. The summed E-state index contributed by atoms with van der Waals surface area (Å²) >= 11 is 0. The third kappa shape index (κ3) is 5.36. The fourth-order valence-electron chi connectivity index (χ4n) is 5.71. The van der Waals surface area contributed by atoms with Crippen LogP contribution in [0.2, 0.25) is 0 Å². The van der Waals surface area contributed by atoms with Crippen LogP contribution in [0.5, 0.6) is 0 Å². The van der Waals surface area contributed by atoms with Crippen LogP contribution in [0.25, 0.3) is 10.9 Å². The van der Waals surface area contributed by atoms with Crippen molar-refractivity contribution in [2.75, 3.05) is 18.4 Å². The number of pyridine rings is 1. The average molecular weight is 614 g/mol. The Kier molecular flexibility index (Phi) is 7.33. The quantitative estimate of drug-likeness (QED) is 0.440. The Balaban J connectivity index is 1.53. The van der Waals surface area contributed by atoms with Crippen molar-refractivity contribution in [3.05, 3.63) is 46.4 Å². The summed E-state index contributed by atoms with van der Waals surface area (Å²) in [5, 5.41) is 17.7. The van der Waals surface area contributed by atoms with Gasteiger partial charge in [0.25, 0.3) is 5.56 Å². The van der Waals surface area contributed by atoms with Crippen molar-refractivity contribution in [1.29, 1.82) is 5.26 Å². The van der Waals surface area contributed by atoms with E-state index in [9.17, 15) is 23.3 Å². The number of aromatic amines is 1. The minimum absolute atomic E-state index is 0.0589. The molecule has 230 valence electrons. The van der Waals surface area contributed by atoms with E-state index in [4.69, 9.17) is 4.74 Å². The molecule has 43 heavy (non-hydrogen) atoms. The van der Waals surface area contributed by atoms with E-state index in [0.717, 1.165) is 0 Å². The zero-order valence-corrected chi connectivity index (χ0v) is 25.9. The van der Waals surface area contributed by atoms with Crippen LogP contribution >= 0.6 is 0 Å². The number of benzene rings is 1. The normalized spacial score (nSPS) is 22.3. The molecular formula is C29H36FN7O5S. The van der Waals surface area contributed by atoms with Crippen LogP contribution in [0.15, 0.2) is 40.2 Å². The topological polar surface area (TPSA) is 153 Å². The highest BCUT2D eigenvalue weighted by Crippen LogP contribution is 2.41. The largest absolute Gasteiger partial charge is 0.444 e. The van der Waals surface area contributed by atoms with Gasteiger partial charge in [-0.15, -0.1) is 0 Å². The lowest BCUT2D eigenvalue weighted by Crippen LogP contribution is -2.56. The Morgan fingerprint density at radius 3 is 2.60 bits per heavy atom. The van der Waals surface area contributed by atoms with E-state index >= 15 is 4.39 Å². The number of piperidine rings is 1. The molecule has 2 unspecified atom stereocenters. The van der Waals surface area contributed by atoms with Gasteiger partial charge in [0, 0.05) is 30.5 Å². The van der Waals surface area contributed by atoms with E-state index in [1.54, 1.807) is 39.0 Å². The lowest BCUT2D eigenvalue weighted by atomic mass is 9.83. The van der Waals surface area contributed by atoms with Crippen molar-refractivity contribution in [3.63, 3.8) is 0 Å². The molecule has 2 aliphatic heterocycles. The van der Waals surface area contributed by atoms with Crippen LogP contribution < -0.4 is 10.9 Å². The number of alkyl halides is 1. The van der Waals surface area contributed by atoms with E-state index in [1.807, 2.05) is 20.8 Å². The first kappa shape index (κ1) is 30.5. The maximum absolute atomic E-state index is 16.2. The van der Waals surface area contributed by atoms with E-state index in [2.05, 4.69) is 21.5 Å². The average Bonchev–Trinajstić information content (AvgIpc) is 3.39. The molecule has 2 N–H and O–H groups in total. The first-order chi connectivity index (χ1) is 20.0. The standard InChI is InChI=1S/C29H36FN7O5S/c1-27(2,3)36-16-18-15-19(7-8-21(18)43(36,40)41)33-24-23-20(9-13-32-25(23)38)37(34-24)29(10-12-31)11-14-35(17-22(29)30)26(39)42-28(4,5)6/h7-9,13,15,22H,10-11,14,16-17H2,1-6H3,(H,32,38)(H,33,34). The summed E-state index contributed by atoms with van der Waals surface area (Å²) in [5.41, 5.74) is -1.90. The molecule has 4 heterocycles. The maximum atomic E-state index is 16.2. The second kappa shape index (κ2) is 10.3. The van der Waals surface area contributed by atoms with Gasteiger partial charge in [-0.1, -0.05) is 0 Å². The molecule has 1 saturated heterocycles. The van der Waals surface area contributed by atoms with Gasteiger partial charge in [0.05, 0.1) is 29.4 Å². The van der Waals surface area contributed by atoms with Crippen LogP contribution in [0.1, 0.15) is 59.9 Å². The summed E-state index contributed by atoms with van der Waals surface area (Å²) < 4.78 is 50.7. The van der Waals surface area contributed by atoms with Gasteiger partial charge in [-0.05, 0) is 77.8 Å². The van der Waals surface area contributed by atoms with E-state index in [0.29, 0.717) is 16.8 Å². The number of ether oxygens (including phenoxy) is 1. The van der Waals surface area contributed by atoms with Crippen molar-refractivity contribution < 1.29 is 22.3 Å². The first-order valence-electron chi connectivity index (χ1n) is 14.0. The summed E-state index contributed by atoms with van der Waals surface area (Å²) in [6.07, 6.45) is -1.11. The molecule has 2 aliphatic rings. The fraction of sp³-hybridized carbons (Fsp3) is 0.517. The summed E-state index contributed by atoms with van der Waals surface area (Å²) in [5.74, 6) is 0.129. The number of hydrogen-bond donors (Lipinski definition) is 2. The summed E-state index contributed by atoms with van der Waals surface area (Å²) in [6.45, 7) is 10.7. The molecule has 0 saturated carbocycles. The van der Waals surface area contributed by atoms with Gasteiger partial charge in [0.2, 0.25) is 10.0 Å². The number of nitriles is 1. The molecule has 1 aromatic carbocycles. The summed E-state index contributed by atoms with van der Waals surface area (Å²) in [4.78, 5) is 29.9. The summed E-state index contributed by atoms with van der Waals surface area (Å²) in [7, 11) is -3.67. The molecule has 5 rings (SSSR count). The number of hydrogen-bond acceptors (Lipinski definition) is 8. The molecule has 0 aliphatic carbocycles. The number of anilines is 2. The Morgan fingerprint density at radius 1 is 1.26 bits per heavy atom. The number of halogens is 1. The number of sulfonamides is 1. The zero-order valence-electron chi connectivity index (χ0n) is 25.1. The SMILES string of the molecule is CC(C)(C)OC(=O)N1CCC(CC#N)(n2nc(Nc3ccc4c(c3)CN(C(C)(C)C)S4(=O)=O)c3c(=O)[nH]ccc32)C(F)C1. The Hall–Kier alpha value is -3.96. The molecule has 12 nitrogen and oxygen atoms in total. The second-order valence-corrected chi connectivity index (χ2v) is 14.9. The van der Waals surface area contributed by atoms with Crippen LogP contribution in [-0.4, -0.2) is 68.9 Å². The third-order valence-corrected chi connectivity index (χ3v) is 10.0. The predicted molar refractivity (Wildman–Crippen MR) is 158 cm³/mol. The summed E-state index contributed by atoms with van der Waals surface area (Å²) in [6, 6.07) is 8.48. The molecule has 0 radical (unpaired) electrons. The number of aromatic nitrogens is 3. The zero-order chi connectivity index (χ0) is 31.5. The number of carbonyl (C=O) groups excluding carboxylic acids is 1. The van der Waals surface area contributed by atoms with Gasteiger partial charge < -0.3 is 19.9 Å². The van der Waals surface area contributed by atoms with Crippen molar-refractivity contribution in [2.45, 2.75) is 88.7 Å². The highest BCUT2D eigenvalue weighted by Gasteiger charge is 2.49. The monoisotopic (exact) mass is 613 g/mol. The van der Waals surface area contributed by atoms with E-state index < -0.39 is 44.5 Å². The van der Waals surface area contributed by atoms with Gasteiger partial charge in [-0.25, -0.2) is 17.6 Å². The highest BCUT2D eigenvalue weighted by molar-refractivity contribution is 7.89. The van der Waals surface area contributed by atoms with Crippen molar-refractivity contribution in [1.82, 2.24) is 24.0 Å². The van der Waals surface area contributed by atoms with E-state index in [1.165, 1.54) is 26.2 Å². The minimum Gasteiger partial charge on any atom is -0.444 e. The van der Waals surface area contributed by atoms with Gasteiger partial charge in [-0.2, -0.15) is 14.7 Å². The number of likely N-dealkylation sites (tertiary alicyclic amines) is 1. The highest BCUT2D eigenvalue weighted by atomic mass is 32.2. The number of amides is 1. The number of nitrogens with zero attached hydrogens (tertiary/aromatic N) is 5. The predicted octanol–water partition coefficient (Wildman–Crippen LogP) is 4.36. The van der Waals surface area contributed by atoms with Crippen molar-refractivity contribution >= 4 is 38.5 Å². The molecule has 1 amide bonds. The van der Waals surface area contributed by atoms with Crippen molar-refractivity contribution in [2.24, 2.45) is 0 Å². The molecule has 14 heteroatoms. The molecule has 0 bridgehead atoms. The van der Waals surface area contributed by atoms with Gasteiger partial charge in [0.15, 0.2) is 5.82 Å². The number of H-pyrrole nitrogens is 1. The van der Waals surface area contributed by atoms with Crippen LogP contribution in [0, 0.1) is 11.3 Å². The molecule has 3 aromatic rings. The van der Waals surface area contributed by atoms with Crippen molar-refractivity contribution in [3.8, 4) is 6.07 Å². The van der Waals surface area contributed by atoms with Gasteiger partial charge in [-0.3, -0.25) is 9.48 Å². The molecular weight excluding hydrogens is 577 g/mol. The van der Waals surface area contributed by atoms with E-state index in [-0.39, 0.29) is 48.6 Å². The lowest BCUT2D eigenvalue weighted by molar-refractivity contribution is -0.0166. The third-order valence-electron chi connectivity index (χ3n) is 7.79. The Labute approximate surface area is 249 Å². The maximum Gasteiger partial charge on any atom is 0.410 e. The first-order valence-corrected chi connectivity index (χ1v) is 15.4. The Bertz CT molecular complexity index is 1800. The molecule has 0 spiro atoms. The van der Waals surface area contributed by atoms with Gasteiger partial charge in [0.1, 0.15) is 22.7 Å². The van der Waals surface area contributed by atoms with Crippen LogP contribution in [0.3, 0.4) is 0 Å². The lowest BCUT2D eigenvalue weighted by Gasteiger charge is -2.43. The molecule has 1 fully saturated rings. The molecule has 2 atom stereocenters. The van der Waals surface area contributed by atoms with Crippen LogP contribution in [0.4, 0.5) is 20.7 Å². The smallest absolute Gasteiger partial charge is 0.410 e. The molecule has 2 aromatic heterocycles. The number of carbonyl (C=O) groups is 1. The van der Waals surface area contributed by atoms with Gasteiger partial charge >= 0.3 is 6.09 Å². The number of nitrogens with one attached hydrogen (secondary N) is 2. The fourth-order valence-corrected chi connectivity index (χ4v) is 7.67. The minimum atomic E-state index is -3.67. The number of fused-ring (bicyclic) bond motifs is 2. The number of rotatable bonds is 4.